The van der Waals surface area contributed by atoms with Gasteiger partial charge in [-0.1, -0.05) is 25.3 Å². The lowest BCUT2D eigenvalue weighted by atomic mass is 9.89. The molecule has 2 N–H and O–H groups in total. The molecule has 0 aromatic carbocycles. The van der Waals surface area contributed by atoms with Crippen LogP contribution < -0.4 is 5.73 Å². The predicted molar refractivity (Wildman–Crippen MR) is 77.1 cm³/mol. The quantitative estimate of drug-likeness (QED) is 0.931. The highest BCUT2D eigenvalue weighted by atomic mass is 32.1. The standard InChI is InChI=1S/C13H21N5S/c1-13(2,3)12-11(19-17-16-12)10(14)6-5-9-7-8-15-18(9)4/h7-8,10H,5-6,14H2,1-4H3. The van der Waals surface area contributed by atoms with Crippen LogP contribution in [0.5, 0.6) is 0 Å². The molecule has 2 aromatic rings. The van der Waals surface area contributed by atoms with Gasteiger partial charge in [-0.15, -0.1) is 5.10 Å². The zero-order chi connectivity index (χ0) is 14.0. The second kappa shape index (κ2) is 5.38. The monoisotopic (exact) mass is 279 g/mol. The number of nitrogens with two attached hydrogens (primary N) is 1. The van der Waals surface area contributed by atoms with E-state index < -0.39 is 0 Å². The molecule has 1 atom stereocenters. The number of aryl methyl sites for hydroxylation is 2. The number of hydrogen-bond donors (Lipinski definition) is 1. The van der Waals surface area contributed by atoms with E-state index in [1.807, 2.05) is 24.0 Å². The van der Waals surface area contributed by atoms with E-state index in [-0.39, 0.29) is 11.5 Å². The molecule has 104 valence electrons. The fourth-order valence-electron chi connectivity index (χ4n) is 2.04. The van der Waals surface area contributed by atoms with Crippen LogP contribution in [0.1, 0.15) is 49.5 Å². The second-order valence-corrected chi connectivity index (χ2v) is 6.61. The van der Waals surface area contributed by atoms with Gasteiger partial charge in [0.2, 0.25) is 0 Å². The summed E-state index contributed by atoms with van der Waals surface area (Å²) >= 11 is 1.42. The summed E-state index contributed by atoms with van der Waals surface area (Å²) in [5.74, 6) is 0. The van der Waals surface area contributed by atoms with E-state index in [0.717, 1.165) is 23.4 Å². The van der Waals surface area contributed by atoms with Crippen molar-refractivity contribution >= 4 is 11.5 Å². The Morgan fingerprint density at radius 3 is 2.74 bits per heavy atom. The minimum absolute atomic E-state index is 0.00746. The lowest BCUT2D eigenvalue weighted by Crippen LogP contribution is -2.19. The number of nitrogens with zero attached hydrogens (tertiary/aromatic N) is 4. The van der Waals surface area contributed by atoms with Crippen molar-refractivity contribution in [3.05, 3.63) is 28.5 Å². The Morgan fingerprint density at radius 2 is 2.16 bits per heavy atom. The fourth-order valence-corrected chi connectivity index (χ4v) is 2.94. The van der Waals surface area contributed by atoms with Crippen LogP contribution in [0.15, 0.2) is 12.3 Å². The first kappa shape index (κ1) is 14.1. The van der Waals surface area contributed by atoms with Gasteiger partial charge in [0.1, 0.15) is 0 Å². The second-order valence-electron chi connectivity index (χ2n) is 5.83. The molecular weight excluding hydrogens is 258 g/mol. The van der Waals surface area contributed by atoms with Crippen molar-refractivity contribution < 1.29 is 0 Å². The molecule has 0 spiro atoms. The summed E-state index contributed by atoms with van der Waals surface area (Å²) in [6.07, 6.45) is 3.61. The van der Waals surface area contributed by atoms with Crippen molar-refractivity contribution in [2.45, 2.75) is 45.1 Å². The van der Waals surface area contributed by atoms with Crippen LogP contribution in [-0.2, 0) is 18.9 Å². The lowest BCUT2D eigenvalue weighted by Gasteiger charge is -2.19. The molecule has 0 aliphatic heterocycles. The third kappa shape index (κ3) is 3.19. The fraction of sp³-hybridized carbons (Fsp3) is 0.615. The first-order valence-electron chi connectivity index (χ1n) is 6.45. The van der Waals surface area contributed by atoms with Gasteiger partial charge >= 0.3 is 0 Å². The molecule has 2 aromatic heterocycles. The van der Waals surface area contributed by atoms with Crippen molar-refractivity contribution in [1.82, 2.24) is 19.4 Å². The summed E-state index contributed by atoms with van der Waals surface area (Å²) in [5, 5.41) is 8.41. The van der Waals surface area contributed by atoms with Gasteiger partial charge in [0, 0.05) is 30.4 Å². The van der Waals surface area contributed by atoms with Gasteiger partial charge in [0.25, 0.3) is 0 Å². The lowest BCUT2D eigenvalue weighted by molar-refractivity contribution is 0.541. The van der Waals surface area contributed by atoms with Crippen molar-refractivity contribution in [2.75, 3.05) is 0 Å². The van der Waals surface area contributed by atoms with Crippen LogP contribution in [-0.4, -0.2) is 19.4 Å². The minimum atomic E-state index is -0.0101. The van der Waals surface area contributed by atoms with Crippen molar-refractivity contribution in [3.63, 3.8) is 0 Å². The summed E-state index contributed by atoms with van der Waals surface area (Å²) in [4.78, 5) is 1.11. The molecule has 19 heavy (non-hydrogen) atoms. The molecule has 5 nitrogen and oxygen atoms in total. The summed E-state index contributed by atoms with van der Waals surface area (Å²) < 4.78 is 5.96. The predicted octanol–water partition coefficient (Wildman–Crippen LogP) is 2.20. The van der Waals surface area contributed by atoms with E-state index in [9.17, 15) is 0 Å². The average molecular weight is 279 g/mol. The highest BCUT2D eigenvalue weighted by Gasteiger charge is 2.25. The Kier molecular flexibility index (Phi) is 4.01. The zero-order valence-electron chi connectivity index (χ0n) is 11.9. The van der Waals surface area contributed by atoms with Crippen LogP contribution in [0.3, 0.4) is 0 Å². The maximum Gasteiger partial charge on any atom is 0.0856 e. The smallest absolute Gasteiger partial charge is 0.0856 e. The maximum atomic E-state index is 6.30. The van der Waals surface area contributed by atoms with Crippen LogP contribution in [0.2, 0.25) is 0 Å². The van der Waals surface area contributed by atoms with Gasteiger partial charge in [-0.25, -0.2) is 0 Å². The highest BCUT2D eigenvalue weighted by molar-refractivity contribution is 7.05. The summed E-state index contributed by atoms with van der Waals surface area (Å²) in [6, 6.07) is 2.02. The van der Waals surface area contributed by atoms with Gasteiger partial charge in [-0.2, -0.15) is 5.10 Å². The molecule has 0 radical (unpaired) electrons. The topological polar surface area (TPSA) is 69.6 Å². The molecule has 0 bridgehead atoms. The zero-order valence-corrected chi connectivity index (χ0v) is 12.7. The summed E-state index contributed by atoms with van der Waals surface area (Å²) in [5.41, 5.74) is 8.52. The van der Waals surface area contributed by atoms with Gasteiger partial charge in [0.05, 0.1) is 10.6 Å². The Hall–Kier alpha value is -1.27. The summed E-state index contributed by atoms with van der Waals surface area (Å²) in [7, 11) is 1.95. The van der Waals surface area contributed by atoms with E-state index in [2.05, 4.69) is 35.5 Å². The van der Waals surface area contributed by atoms with Gasteiger partial charge in [0.15, 0.2) is 0 Å². The van der Waals surface area contributed by atoms with Gasteiger partial charge in [-0.05, 0) is 30.4 Å². The van der Waals surface area contributed by atoms with Crippen molar-refractivity contribution in [3.8, 4) is 0 Å². The summed E-state index contributed by atoms with van der Waals surface area (Å²) in [6.45, 7) is 6.42. The molecule has 6 heteroatoms. The van der Waals surface area contributed by atoms with Gasteiger partial charge < -0.3 is 5.73 Å². The minimum Gasteiger partial charge on any atom is -0.323 e. The van der Waals surface area contributed by atoms with E-state index in [0.29, 0.717) is 0 Å². The van der Waals surface area contributed by atoms with E-state index in [1.54, 1.807) is 0 Å². The Morgan fingerprint density at radius 1 is 1.42 bits per heavy atom. The van der Waals surface area contributed by atoms with E-state index >= 15 is 0 Å². The van der Waals surface area contributed by atoms with Crippen LogP contribution in [0.25, 0.3) is 0 Å². The van der Waals surface area contributed by atoms with Crippen molar-refractivity contribution in [1.29, 1.82) is 0 Å². The van der Waals surface area contributed by atoms with Crippen LogP contribution >= 0.6 is 11.5 Å². The van der Waals surface area contributed by atoms with Crippen LogP contribution in [0.4, 0.5) is 0 Å². The molecule has 1 unspecified atom stereocenters. The van der Waals surface area contributed by atoms with E-state index in [4.69, 9.17) is 5.73 Å². The molecule has 0 amide bonds. The molecule has 0 aliphatic carbocycles. The van der Waals surface area contributed by atoms with E-state index in [1.165, 1.54) is 17.2 Å². The largest absolute Gasteiger partial charge is 0.323 e. The Bertz CT molecular complexity index is 537. The molecule has 2 rings (SSSR count). The highest BCUT2D eigenvalue weighted by Crippen LogP contribution is 2.31. The maximum absolute atomic E-state index is 6.30. The third-order valence-electron chi connectivity index (χ3n) is 3.19. The van der Waals surface area contributed by atoms with Crippen molar-refractivity contribution in [2.24, 2.45) is 12.8 Å². The molecule has 0 fully saturated rings. The Labute approximate surface area is 118 Å². The average Bonchev–Trinajstić information content (AvgIpc) is 2.93. The SMILES string of the molecule is Cn1nccc1CCC(N)c1snnc1C(C)(C)C. The first-order chi connectivity index (χ1) is 8.89. The normalized spacial score (nSPS) is 13.7. The number of aromatic nitrogens is 4. The number of hydrogen-bond acceptors (Lipinski definition) is 5. The van der Waals surface area contributed by atoms with Gasteiger partial charge in [-0.3, -0.25) is 4.68 Å². The molecule has 0 aliphatic rings. The molecule has 2 heterocycles. The van der Waals surface area contributed by atoms with Crippen LogP contribution in [0, 0.1) is 0 Å². The number of rotatable bonds is 4. The molecular formula is C13H21N5S. The Balaban J connectivity index is 2.07. The molecule has 0 saturated heterocycles. The molecule has 0 saturated carbocycles. The first-order valence-corrected chi connectivity index (χ1v) is 7.22. The third-order valence-corrected chi connectivity index (χ3v) is 4.05.